The van der Waals surface area contributed by atoms with Crippen molar-refractivity contribution in [3.05, 3.63) is 65.6 Å². The van der Waals surface area contributed by atoms with Gasteiger partial charge in [0.1, 0.15) is 18.1 Å². The van der Waals surface area contributed by atoms with Crippen molar-refractivity contribution < 1.29 is 19.0 Å². The van der Waals surface area contributed by atoms with E-state index in [1.807, 2.05) is 19.1 Å². The Morgan fingerprint density at radius 2 is 1.77 bits per heavy atom. The van der Waals surface area contributed by atoms with E-state index >= 15 is 0 Å². The SMILES string of the molecule is COc1ccc(NC(=O)C2=C(C)Nc3ncnn3[C@H]2c2ccc(OC)c(OC)c2)cc1. The number of aromatic nitrogens is 3. The van der Waals surface area contributed by atoms with Crippen LogP contribution in [0, 0.1) is 0 Å². The van der Waals surface area contributed by atoms with E-state index in [2.05, 4.69) is 20.7 Å². The molecular formula is C22H23N5O4. The number of amides is 1. The van der Waals surface area contributed by atoms with Crippen molar-refractivity contribution in [2.24, 2.45) is 0 Å². The molecule has 1 aliphatic heterocycles. The maximum atomic E-state index is 13.4. The zero-order chi connectivity index (χ0) is 22.0. The van der Waals surface area contributed by atoms with Gasteiger partial charge in [0.2, 0.25) is 5.95 Å². The minimum absolute atomic E-state index is 0.254. The van der Waals surface area contributed by atoms with Crippen LogP contribution in [-0.4, -0.2) is 42.0 Å². The van der Waals surface area contributed by atoms with Gasteiger partial charge in [-0.05, 0) is 48.9 Å². The second-order valence-corrected chi connectivity index (χ2v) is 6.89. The molecule has 160 valence electrons. The number of allylic oxidation sites excluding steroid dienone is 1. The molecule has 2 aromatic carbocycles. The molecular weight excluding hydrogens is 398 g/mol. The van der Waals surface area contributed by atoms with Crippen molar-refractivity contribution in [1.29, 1.82) is 0 Å². The number of hydrogen-bond acceptors (Lipinski definition) is 7. The number of carbonyl (C=O) groups is 1. The van der Waals surface area contributed by atoms with Crippen LogP contribution in [0.1, 0.15) is 18.5 Å². The molecule has 1 atom stereocenters. The summed E-state index contributed by atoms with van der Waals surface area (Å²) in [5.41, 5.74) is 2.67. The van der Waals surface area contributed by atoms with Gasteiger partial charge in [-0.1, -0.05) is 6.07 Å². The zero-order valence-corrected chi connectivity index (χ0v) is 17.7. The lowest BCUT2D eigenvalue weighted by Gasteiger charge is -2.29. The molecule has 0 bridgehead atoms. The van der Waals surface area contributed by atoms with Gasteiger partial charge in [0, 0.05) is 11.4 Å². The number of rotatable bonds is 6. The van der Waals surface area contributed by atoms with Gasteiger partial charge in [0.15, 0.2) is 11.5 Å². The fourth-order valence-corrected chi connectivity index (χ4v) is 3.59. The molecule has 0 fully saturated rings. The highest BCUT2D eigenvalue weighted by Crippen LogP contribution is 2.38. The van der Waals surface area contributed by atoms with E-state index in [9.17, 15) is 4.79 Å². The normalized spacial score (nSPS) is 15.0. The van der Waals surface area contributed by atoms with Gasteiger partial charge in [-0.3, -0.25) is 4.79 Å². The molecule has 2 heterocycles. The van der Waals surface area contributed by atoms with Gasteiger partial charge in [0.05, 0.1) is 26.9 Å². The predicted molar refractivity (Wildman–Crippen MR) is 116 cm³/mol. The number of benzene rings is 2. The van der Waals surface area contributed by atoms with E-state index in [1.165, 1.54) is 6.33 Å². The monoisotopic (exact) mass is 421 g/mol. The van der Waals surface area contributed by atoms with Crippen LogP contribution >= 0.6 is 0 Å². The third kappa shape index (κ3) is 3.77. The Kier molecular flexibility index (Phi) is 5.48. The van der Waals surface area contributed by atoms with Crippen LogP contribution in [0.15, 0.2) is 60.1 Å². The van der Waals surface area contributed by atoms with E-state index in [0.717, 1.165) is 5.56 Å². The van der Waals surface area contributed by atoms with Crippen molar-refractivity contribution in [2.45, 2.75) is 13.0 Å². The summed E-state index contributed by atoms with van der Waals surface area (Å²) in [6.07, 6.45) is 1.45. The van der Waals surface area contributed by atoms with Crippen molar-refractivity contribution in [1.82, 2.24) is 14.8 Å². The first-order chi connectivity index (χ1) is 15.0. The summed E-state index contributed by atoms with van der Waals surface area (Å²) in [5, 5.41) is 10.5. The summed E-state index contributed by atoms with van der Waals surface area (Å²) in [7, 11) is 4.75. The Bertz CT molecular complexity index is 1140. The van der Waals surface area contributed by atoms with Crippen molar-refractivity contribution in [2.75, 3.05) is 32.0 Å². The van der Waals surface area contributed by atoms with Crippen LogP contribution in [0.25, 0.3) is 0 Å². The van der Waals surface area contributed by atoms with Gasteiger partial charge in [-0.15, -0.1) is 0 Å². The van der Waals surface area contributed by atoms with Crippen molar-refractivity contribution in [3.8, 4) is 17.2 Å². The lowest BCUT2D eigenvalue weighted by Crippen LogP contribution is -2.31. The summed E-state index contributed by atoms with van der Waals surface area (Å²) in [6, 6.07) is 12.2. The van der Waals surface area contributed by atoms with Gasteiger partial charge in [0.25, 0.3) is 5.91 Å². The number of carbonyl (C=O) groups excluding carboxylic acids is 1. The number of anilines is 2. The first kappa shape index (κ1) is 20.3. The third-order valence-electron chi connectivity index (χ3n) is 5.11. The first-order valence-electron chi connectivity index (χ1n) is 9.60. The molecule has 1 aromatic heterocycles. The molecule has 0 radical (unpaired) electrons. The Morgan fingerprint density at radius 1 is 1.03 bits per heavy atom. The molecule has 0 unspecified atom stereocenters. The number of methoxy groups -OCH3 is 3. The second kappa shape index (κ2) is 8.39. The minimum atomic E-state index is -0.503. The fraction of sp³-hybridized carbons (Fsp3) is 0.227. The summed E-state index contributed by atoms with van der Waals surface area (Å²) >= 11 is 0. The van der Waals surface area contributed by atoms with E-state index in [0.29, 0.717) is 40.2 Å². The molecule has 1 amide bonds. The lowest BCUT2D eigenvalue weighted by atomic mass is 9.94. The minimum Gasteiger partial charge on any atom is -0.497 e. The van der Waals surface area contributed by atoms with E-state index in [-0.39, 0.29) is 5.91 Å². The first-order valence-corrected chi connectivity index (χ1v) is 9.60. The highest BCUT2D eigenvalue weighted by atomic mass is 16.5. The number of hydrogen-bond donors (Lipinski definition) is 2. The summed E-state index contributed by atoms with van der Waals surface area (Å²) in [4.78, 5) is 17.6. The molecule has 0 spiro atoms. The van der Waals surface area contributed by atoms with Crippen LogP contribution < -0.4 is 24.8 Å². The highest BCUT2D eigenvalue weighted by Gasteiger charge is 2.34. The smallest absolute Gasteiger partial charge is 0.255 e. The standard InChI is InChI=1S/C22H23N5O4/c1-13-19(21(28)26-15-6-8-16(29-2)9-7-15)20(27-22(25-13)23-12-24-27)14-5-10-17(30-3)18(11-14)31-4/h5-12,20H,1-4H3,(H,26,28)(H,23,24,25)/t20-/m0/s1. The van der Waals surface area contributed by atoms with Crippen LogP contribution in [0.2, 0.25) is 0 Å². The molecule has 9 nitrogen and oxygen atoms in total. The molecule has 0 aliphatic carbocycles. The van der Waals surface area contributed by atoms with Crippen molar-refractivity contribution >= 4 is 17.5 Å². The van der Waals surface area contributed by atoms with Crippen LogP contribution in [0.4, 0.5) is 11.6 Å². The van der Waals surface area contributed by atoms with Crippen molar-refractivity contribution in [3.63, 3.8) is 0 Å². The van der Waals surface area contributed by atoms with Crippen LogP contribution in [-0.2, 0) is 4.79 Å². The topological polar surface area (TPSA) is 99.5 Å². The molecule has 1 aliphatic rings. The molecule has 3 aromatic rings. The molecule has 0 saturated carbocycles. The zero-order valence-electron chi connectivity index (χ0n) is 17.7. The van der Waals surface area contributed by atoms with Gasteiger partial charge in [-0.2, -0.15) is 10.1 Å². The van der Waals surface area contributed by atoms with E-state index in [4.69, 9.17) is 14.2 Å². The summed E-state index contributed by atoms with van der Waals surface area (Å²) < 4.78 is 17.7. The average Bonchev–Trinajstić information content (AvgIpc) is 3.26. The molecule has 31 heavy (non-hydrogen) atoms. The molecule has 4 rings (SSSR count). The molecule has 9 heteroatoms. The number of ether oxygens (including phenoxy) is 3. The quantitative estimate of drug-likeness (QED) is 0.630. The summed E-state index contributed by atoms with van der Waals surface area (Å²) in [6.45, 7) is 1.84. The number of fused-ring (bicyclic) bond motifs is 1. The van der Waals surface area contributed by atoms with Gasteiger partial charge in [-0.25, -0.2) is 4.68 Å². The Morgan fingerprint density at radius 3 is 2.45 bits per heavy atom. The Labute approximate surface area is 179 Å². The maximum absolute atomic E-state index is 13.4. The van der Waals surface area contributed by atoms with Crippen LogP contribution in [0.3, 0.4) is 0 Å². The van der Waals surface area contributed by atoms with Crippen LogP contribution in [0.5, 0.6) is 17.2 Å². The average molecular weight is 421 g/mol. The highest BCUT2D eigenvalue weighted by molar-refractivity contribution is 6.06. The van der Waals surface area contributed by atoms with Gasteiger partial charge < -0.3 is 24.8 Å². The van der Waals surface area contributed by atoms with E-state index in [1.54, 1.807) is 56.3 Å². The second-order valence-electron chi connectivity index (χ2n) is 6.89. The Hall–Kier alpha value is -4.01. The molecule has 2 N–H and O–H groups in total. The number of nitrogens with one attached hydrogen (secondary N) is 2. The third-order valence-corrected chi connectivity index (χ3v) is 5.11. The number of nitrogens with zero attached hydrogens (tertiary/aromatic N) is 3. The lowest BCUT2D eigenvalue weighted by molar-refractivity contribution is -0.113. The molecule has 0 saturated heterocycles. The predicted octanol–water partition coefficient (Wildman–Crippen LogP) is 3.23. The summed E-state index contributed by atoms with van der Waals surface area (Å²) in [5.74, 6) is 2.18. The van der Waals surface area contributed by atoms with E-state index < -0.39 is 6.04 Å². The fourth-order valence-electron chi connectivity index (χ4n) is 3.59. The maximum Gasteiger partial charge on any atom is 0.255 e. The Balaban J connectivity index is 1.74. The van der Waals surface area contributed by atoms with Gasteiger partial charge >= 0.3 is 0 Å². The largest absolute Gasteiger partial charge is 0.497 e.